The van der Waals surface area contributed by atoms with E-state index in [-0.39, 0.29) is 6.10 Å². The Morgan fingerprint density at radius 2 is 1.87 bits per heavy atom. The molecule has 0 aliphatic heterocycles. The van der Waals surface area contributed by atoms with Gasteiger partial charge < -0.3 is 20.1 Å². The van der Waals surface area contributed by atoms with Gasteiger partial charge in [-0.2, -0.15) is 5.10 Å². The number of nitrogens with one attached hydrogen (secondary N) is 3. The minimum absolute atomic E-state index is 0.134. The van der Waals surface area contributed by atoms with Gasteiger partial charge in [0, 0.05) is 24.4 Å². The molecule has 2 aromatic carbocycles. The molecule has 0 aliphatic rings. The van der Waals surface area contributed by atoms with Crippen LogP contribution in [0.15, 0.2) is 47.6 Å². The van der Waals surface area contributed by atoms with Crippen molar-refractivity contribution in [2.75, 3.05) is 25.6 Å². The van der Waals surface area contributed by atoms with Gasteiger partial charge in [-0.1, -0.05) is 30.3 Å². The SMILES string of the molecule is COc1cccc(/C=N\NC(=O)C(=O)NCCCOC(C)C)c1Nc1ccccc1C. The van der Waals surface area contributed by atoms with Crippen LogP contribution in [0.1, 0.15) is 31.4 Å². The first-order valence-electron chi connectivity index (χ1n) is 10.1. The van der Waals surface area contributed by atoms with E-state index in [9.17, 15) is 9.59 Å². The van der Waals surface area contributed by atoms with Crippen molar-refractivity contribution in [2.45, 2.75) is 33.3 Å². The highest BCUT2D eigenvalue weighted by Gasteiger charge is 2.12. The van der Waals surface area contributed by atoms with Crippen LogP contribution in [0, 0.1) is 6.92 Å². The van der Waals surface area contributed by atoms with Gasteiger partial charge in [0.2, 0.25) is 0 Å². The third-order valence-corrected chi connectivity index (χ3v) is 4.32. The highest BCUT2D eigenvalue weighted by molar-refractivity contribution is 6.35. The van der Waals surface area contributed by atoms with Crippen molar-refractivity contribution in [3.8, 4) is 5.75 Å². The molecule has 2 aromatic rings. The molecule has 0 aliphatic carbocycles. The number of ether oxygens (including phenoxy) is 2. The van der Waals surface area contributed by atoms with Gasteiger partial charge in [-0.05, 0) is 44.9 Å². The van der Waals surface area contributed by atoms with E-state index in [1.54, 1.807) is 7.11 Å². The normalized spacial score (nSPS) is 10.9. The first kappa shape index (κ1) is 23.9. The molecule has 8 nitrogen and oxygen atoms in total. The molecule has 166 valence electrons. The lowest BCUT2D eigenvalue weighted by atomic mass is 10.1. The van der Waals surface area contributed by atoms with Crippen LogP contribution in [-0.2, 0) is 14.3 Å². The summed E-state index contributed by atoms with van der Waals surface area (Å²) in [5.74, 6) is -0.956. The fourth-order valence-corrected chi connectivity index (χ4v) is 2.69. The summed E-state index contributed by atoms with van der Waals surface area (Å²) in [7, 11) is 1.58. The largest absolute Gasteiger partial charge is 0.495 e. The Morgan fingerprint density at radius 3 is 2.58 bits per heavy atom. The number of benzene rings is 2. The number of carbonyl (C=O) groups excluding carboxylic acids is 2. The number of rotatable bonds is 10. The zero-order chi connectivity index (χ0) is 22.6. The van der Waals surface area contributed by atoms with Crippen LogP contribution in [0.5, 0.6) is 5.75 Å². The van der Waals surface area contributed by atoms with Crippen molar-refractivity contribution in [2.24, 2.45) is 5.10 Å². The molecular formula is C23H30N4O4. The van der Waals surface area contributed by atoms with Crippen molar-refractivity contribution in [3.05, 3.63) is 53.6 Å². The summed E-state index contributed by atoms with van der Waals surface area (Å²) in [6.45, 7) is 6.75. The van der Waals surface area contributed by atoms with Crippen molar-refractivity contribution in [1.82, 2.24) is 10.7 Å². The molecular weight excluding hydrogens is 396 g/mol. The lowest BCUT2D eigenvalue weighted by Gasteiger charge is -2.15. The Balaban J connectivity index is 1.98. The van der Waals surface area contributed by atoms with E-state index in [1.165, 1.54) is 6.21 Å². The van der Waals surface area contributed by atoms with Crippen molar-refractivity contribution in [1.29, 1.82) is 0 Å². The van der Waals surface area contributed by atoms with E-state index in [0.717, 1.165) is 11.3 Å². The molecule has 0 bridgehead atoms. The second kappa shape index (κ2) is 12.3. The molecule has 0 heterocycles. The van der Waals surface area contributed by atoms with Crippen molar-refractivity contribution < 1.29 is 19.1 Å². The topological polar surface area (TPSA) is 101 Å². The van der Waals surface area contributed by atoms with Crippen LogP contribution >= 0.6 is 0 Å². The van der Waals surface area contributed by atoms with Crippen LogP contribution in [0.3, 0.4) is 0 Å². The molecule has 0 radical (unpaired) electrons. The maximum Gasteiger partial charge on any atom is 0.329 e. The fourth-order valence-electron chi connectivity index (χ4n) is 2.69. The number of methoxy groups -OCH3 is 1. The maximum atomic E-state index is 11.9. The van der Waals surface area contributed by atoms with Gasteiger partial charge >= 0.3 is 11.8 Å². The summed E-state index contributed by atoms with van der Waals surface area (Å²) in [5.41, 5.74) is 5.63. The summed E-state index contributed by atoms with van der Waals surface area (Å²) in [6, 6.07) is 13.3. The molecule has 3 N–H and O–H groups in total. The lowest BCUT2D eigenvalue weighted by molar-refractivity contribution is -0.139. The molecule has 0 atom stereocenters. The zero-order valence-electron chi connectivity index (χ0n) is 18.4. The van der Waals surface area contributed by atoms with Gasteiger partial charge in [0.1, 0.15) is 5.75 Å². The lowest BCUT2D eigenvalue weighted by Crippen LogP contribution is -2.38. The second-order valence-corrected chi connectivity index (χ2v) is 7.09. The van der Waals surface area contributed by atoms with Crippen molar-refractivity contribution in [3.63, 3.8) is 0 Å². The van der Waals surface area contributed by atoms with Gasteiger partial charge in [-0.25, -0.2) is 5.43 Å². The second-order valence-electron chi connectivity index (χ2n) is 7.09. The summed E-state index contributed by atoms with van der Waals surface area (Å²) < 4.78 is 10.8. The first-order valence-corrected chi connectivity index (χ1v) is 10.1. The summed E-state index contributed by atoms with van der Waals surface area (Å²) >= 11 is 0. The van der Waals surface area contributed by atoms with E-state index in [2.05, 4.69) is 21.2 Å². The molecule has 2 rings (SSSR count). The molecule has 0 aromatic heterocycles. The molecule has 31 heavy (non-hydrogen) atoms. The smallest absolute Gasteiger partial charge is 0.329 e. The maximum absolute atomic E-state index is 11.9. The van der Waals surface area contributed by atoms with Gasteiger partial charge in [0.05, 0.1) is 25.1 Å². The third-order valence-electron chi connectivity index (χ3n) is 4.32. The van der Waals surface area contributed by atoms with Gasteiger partial charge in [-0.15, -0.1) is 0 Å². The number of carbonyl (C=O) groups is 2. The standard InChI is InChI=1S/C23H30N4O4/c1-16(2)31-14-8-13-24-22(28)23(29)27-25-15-18-10-7-12-20(30-4)21(18)26-19-11-6-5-9-17(19)3/h5-7,9-12,15-16,26H,8,13-14H2,1-4H3,(H,24,28)(H,27,29)/b25-15-. The first-order chi connectivity index (χ1) is 14.9. The number of anilines is 2. The fraction of sp³-hybridized carbons (Fsp3) is 0.348. The van der Waals surface area contributed by atoms with Crippen LogP contribution < -0.4 is 20.8 Å². The van der Waals surface area contributed by atoms with E-state index >= 15 is 0 Å². The Labute approximate surface area is 183 Å². The van der Waals surface area contributed by atoms with E-state index < -0.39 is 11.8 Å². The van der Waals surface area contributed by atoms with Gasteiger partial charge in [0.15, 0.2) is 0 Å². The predicted molar refractivity (Wildman–Crippen MR) is 122 cm³/mol. The zero-order valence-corrected chi connectivity index (χ0v) is 18.4. The number of amides is 2. The quantitative estimate of drug-likeness (QED) is 0.235. The van der Waals surface area contributed by atoms with Crippen LogP contribution in [-0.4, -0.2) is 44.4 Å². The number of aryl methyl sites for hydroxylation is 1. The highest BCUT2D eigenvalue weighted by Crippen LogP contribution is 2.31. The molecule has 0 saturated carbocycles. The molecule has 2 amide bonds. The molecule has 0 saturated heterocycles. The summed E-state index contributed by atoms with van der Waals surface area (Å²) in [5, 5.41) is 9.81. The number of hydrogen-bond acceptors (Lipinski definition) is 6. The number of hydrazone groups is 1. The van der Waals surface area contributed by atoms with Crippen LogP contribution in [0.2, 0.25) is 0 Å². The van der Waals surface area contributed by atoms with E-state index in [0.29, 0.717) is 36.6 Å². The number of nitrogens with zero attached hydrogens (tertiary/aromatic N) is 1. The minimum atomic E-state index is -0.836. The molecule has 0 spiro atoms. The minimum Gasteiger partial charge on any atom is -0.495 e. The van der Waals surface area contributed by atoms with Crippen LogP contribution in [0.25, 0.3) is 0 Å². The van der Waals surface area contributed by atoms with Gasteiger partial charge in [-0.3, -0.25) is 9.59 Å². The highest BCUT2D eigenvalue weighted by atomic mass is 16.5. The summed E-state index contributed by atoms with van der Waals surface area (Å²) in [6.07, 6.45) is 2.22. The molecule has 0 unspecified atom stereocenters. The van der Waals surface area contributed by atoms with Crippen molar-refractivity contribution >= 4 is 29.4 Å². The van der Waals surface area contributed by atoms with E-state index in [1.807, 2.05) is 63.2 Å². The monoisotopic (exact) mass is 426 g/mol. The molecule has 8 heteroatoms. The summed E-state index contributed by atoms with van der Waals surface area (Å²) in [4.78, 5) is 23.8. The Bertz CT molecular complexity index is 912. The van der Waals surface area contributed by atoms with E-state index in [4.69, 9.17) is 9.47 Å². The molecule has 0 fully saturated rings. The Morgan fingerprint density at radius 1 is 1.10 bits per heavy atom. The van der Waals surface area contributed by atoms with Gasteiger partial charge in [0.25, 0.3) is 0 Å². The Hall–Kier alpha value is -3.39. The number of para-hydroxylation sites is 2. The average Bonchev–Trinajstić information content (AvgIpc) is 2.75. The predicted octanol–water partition coefficient (Wildman–Crippen LogP) is 3.13. The van der Waals surface area contributed by atoms with Crippen LogP contribution in [0.4, 0.5) is 11.4 Å². The third kappa shape index (κ3) is 7.75. The number of hydrogen-bond donors (Lipinski definition) is 3. The Kier molecular flexibility index (Phi) is 9.51. The average molecular weight is 427 g/mol.